The Hall–Kier alpha value is -3.22. The van der Waals surface area contributed by atoms with E-state index in [4.69, 9.17) is 21.3 Å². The van der Waals surface area contributed by atoms with E-state index < -0.39 is 5.91 Å². The third-order valence-electron chi connectivity index (χ3n) is 6.01. The van der Waals surface area contributed by atoms with Crippen LogP contribution in [0.25, 0.3) is 11.1 Å². The number of rotatable bonds is 6. The van der Waals surface area contributed by atoms with Gasteiger partial charge < -0.3 is 21.3 Å². The van der Waals surface area contributed by atoms with Crippen LogP contribution in [0.4, 0.5) is 5.82 Å². The molecule has 174 valence electrons. The topological polar surface area (TPSA) is 111 Å². The fraction of sp³-hybridized carbons (Fsp3) is 0.333. The van der Waals surface area contributed by atoms with Crippen LogP contribution in [0.5, 0.6) is 0 Å². The number of hydrogen-bond donors (Lipinski definition) is 3. The number of nitrogens with two attached hydrogens (primary N) is 2. The third kappa shape index (κ3) is 6.88. The van der Waals surface area contributed by atoms with Crippen LogP contribution >= 0.6 is 0 Å². The first-order valence-electron chi connectivity index (χ1n) is 11.3. The molecule has 3 aromatic rings. The number of benzene rings is 2. The molecule has 1 aliphatic carbocycles. The maximum absolute atomic E-state index is 11.2. The molecule has 0 saturated heterocycles. The Bertz CT molecular complexity index is 1070. The molecule has 4 rings (SSSR count). The van der Waals surface area contributed by atoms with Crippen LogP contribution in [-0.2, 0) is 18.0 Å². The lowest BCUT2D eigenvalue weighted by molar-refractivity contribution is 0.0456. The normalized spacial score (nSPS) is 13.4. The molecule has 0 aliphatic heterocycles. The number of amides is 1. The van der Waals surface area contributed by atoms with Crippen LogP contribution in [0.15, 0.2) is 54.7 Å². The summed E-state index contributed by atoms with van der Waals surface area (Å²) < 4.78 is 5.88. The van der Waals surface area contributed by atoms with Gasteiger partial charge in [0.25, 0.3) is 5.91 Å². The highest BCUT2D eigenvalue weighted by Gasteiger charge is 2.15. The molecule has 1 heterocycles. The number of pyridine rings is 1. The molecule has 2 aromatic carbocycles. The number of aryl methyl sites for hydroxylation is 2. The summed E-state index contributed by atoms with van der Waals surface area (Å²) >= 11 is 0. The Balaban J connectivity index is 0.000000189. The monoisotopic (exact) mass is 447 g/mol. The van der Waals surface area contributed by atoms with Gasteiger partial charge in [-0.05, 0) is 60.6 Å². The average Bonchev–Trinajstić information content (AvgIpc) is 3.34. The standard InChI is InChI=1S/C14H20O.C13H13N3O2/c1-11-7-8-13(9-12(11)2)10-15-14-5-3-4-6-14;14-12-11(13(15)18)5-10(6-16-12)9-3-1-8(7-17)2-4-9/h7-9,14H,3-6,10H2,1-2H3;1-6,17H,7H2,(H2,14,16)(H2,15,18). The Kier molecular flexibility index (Phi) is 8.58. The first-order chi connectivity index (χ1) is 15.9. The van der Waals surface area contributed by atoms with E-state index in [2.05, 4.69) is 37.0 Å². The Labute approximate surface area is 195 Å². The summed E-state index contributed by atoms with van der Waals surface area (Å²) in [5.41, 5.74) is 17.5. The van der Waals surface area contributed by atoms with Crippen LogP contribution in [0.3, 0.4) is 0 Å². The third-order valence-corrected chi connectivity index (χ3v) is 6.01. The van der Waals surface area contributed by atoms with Crippen molar-refractivity contribution in [3.05, 3.63) is 82.5 Å². The molecule has 6 heteroatoms. The second kappa shape index (κ2) is 11.6. The second-order valence-corrected chi connectivity index (χ2v) is 8.51. The minimum Gasteiger partial charge on any atom is -0.392 e. The summed E-state index contributed by atoms with van der Waals surface area (Å²) in [6, 6.07) is 15.5. The fourth-order valence-electron chi connectivity index (χ4n) is 3.80. The number of nitrogens with zero attached hydrogens (tertiary/aromatic N) is 1. The van der Waals surface area contributed by atoms with Crippen molar-refractivity contribution >= 4 is 11.7 Å². The van der Waals surface area contributed by atoms with Gasteiger partial charge in [-0.2, -0.15) is 0 Å². The summed E-state index contributed by atoms with van der Waals surface area (Å²) in [6.07, 6.45) is 7.30. The van der Waals surface area contributed by atoms with E-state index in [9.17, 15) is 4.79 Å². The molecule has 0 bridgehead atoms. The van der Waals surface area contributed by atoms with E-state index in [1.165, 1.54) is 42.4 Å². The Morgan fingerprint density at radius 3 is 2.27 bits per heavy atom. The molecule has 5 N–H and O–H groups in total. The predicted molar refractivity (Wildman–Crippen MR) is 131 cm³/mol. The van der Waals surface area contributed by atoms with Crippen molar-refractivity contribution in [2.24, 2.45) is 5.73 Å². The molecule has 6 nitrogen and oxygen atoms in total. The van der Waals surface area contributed by atoms with Gasteiger partial charge in [-0.3, -0.25) is 4.79 Å². The number of hydrogen-bond acceptors (Lipinski definition) is 5. The SMILES string of the molecule is Cc1ccc(COC2CCCC2)cc1C.NC(=O)c1cc(-c2ccc(CO)cc2)cnc1N. The molecule has 1 aliphatic rings. The Morgan fingerprint density at radius 1 is 1.00 bits per heavy atom. The van der Waals surface area contributed by atoms with Gasteiger partial charge in [-0.15, -0.1) is 0 Å². The molecule has 1 amide bonds. The van der Waals surface area contributed by atoms with Crippen molar-refractivity contribution in [2.75, 3.05) is 5.73 Å². The fourth-order valence-corrected chi connectivity index (χ4v) is 3.80. The second-order valence-electron chi connectivity index (χ2n) is 8.51. The van der Waals surface area contributed by atoms with E-state index in [1.54, 1.807) is 24.4 Å². The molecule has 0 unspecified atom stereocenters. The average molecular weight is 448 g/mol. The molecule has 1 aromatic heterocycles. The van der Waals surface area contributed by atoms with Gasteiger partial charge in [-0.25, -0.2) is 4.98 Å². The minimum absolute atomic E-state index is 0.00714. The summed E-state index contributed by atoms with van der Waals surface area (Å²) in [5.74, 6) is -0.480. The highest BCUT2D eigenvalue weighted by Crippen LogP contribution is 2.23. The van der Waals surface area contributed by atoms with Crippen molar-refractivity contribution in [3.63, 3.8) is 0 Å². The van der Waals surface area contributed by atoms with Gasteiger partial charge >= 0.3 is 0 Å². The quantitative estimate of drug-likeness (QED) is 0.508. The van der Waals surface area contributed by atoms with Crippen molar-refractivity contribution < 1.29 is 14.6 Å². The summed E-state index contributed by atoms with van der Waals surface area (Å²) in [4.78, 5) is 15.1. The van der Waals surface area contributed by atoms with Crippen LogP contribution in [-0.4, -0.2) is 22.1 Å². The molecule has 0 spiro atoms. The zero-order valence-corrected chi connectivity index (χ0v) is 19.4. The number of aromatic nitrogens is 1. The molecular weight excluding hydrogens is 414 g/mol. The maximum atomic E-state index is 11.2. The zero-order valence-electron chi connectivity index (χ0n) is 19.4. The first kappa shape index (κ1) is 24.4. The van der Waals surface area contributed by atoms with E-state index >= 15 is 0 Å². The van der Waals surface area contributed by atoms with Crippen molar-refractivity contribution in [2.45, 2.75) is 58.8 Å². The van der Waals surface area contributed by atoms with Crippen molar-refractivity contribution in [1.82, 2.24) is 4.98 Å². The number of carbonyl (C=O) groups is 1. The molecular formula is C27H33N3O3. The maximum Gasteiger partial charge on any atom is 0.252 e. The van der Waals surface area contributed by atoms with E-state index in [0.29, 0.717) is 6.10 Å². The van der Waals surface area contributed by atoms with E-state index in [-0.39, 0.29) is 18.0 Å². The van der Waals surface area contributed by atoms with Crippen LogP contribution in [0.1, 0.15) is 58.3 Å². The number of nitrogen functional groups attached to an aromatic ring is 1. The smallest absolute Gasteiger partial charge is 0.252 e. The number of primary amides is 1. The summed E-state index contributed by atoms with van der Waals surface area (Å²) in [6.45, 7) is 5.09. The molecule has 0 radical (unpaired) electrons. The Morgan fingerprint density at radius 2 is 1.67 bits per heavy atom. The van der Waals surface area contributed by atoms with Gasteiger partial charge in [0.2, 0.25) is 0 Å². The number of anilines is 1. The lowest BCUT2D eigenvalue weighted by atomic mass is 10.0. The zero-order chi connectivity index (χ0) is 23.8. The van der Waals surface area contributed by atoms with Crippen molar-refractivity contribution in [1.29, 1.82) is 0 Å². The van der Waals surface area contributed by atoms with Gasteiger partial charge in [0.15, 0.2) is 0 Å². The van der Waals surface area contributed by atoms with Gasteiger partial charge in [0.05, 0.1) is 24.9 Å². The highest BCUT2D eigenvalue weighted by molar-refractivity contribution is 5.98. The number of aliphatic hydroxyl groups is 1. The van der Waals surface area contributed by atoms with Crippen LogP contribution in [0.2, 0.25) is 0 Å². The van der Waals surface area contributed by atoms with Gasteiger partial charge in [-0.1, -0.05) is 55.3 Å². The van der Waals surface area contributed by atoms with E-state index in [1.807, 2.05) is 12.1 Å². The number of ether oxygens (including phenoxy) is 1. The largest absolute Gasteiger partial charge is 0.392 e. The van der Waals surface area contributed by atoms with Gasteiger partial charge in [0.1, 0.15) is 5.82 Å². The summed E-state index contributed by atoms with van der Waals surface area (Å²) in [7, 11) is 0. The minimum atomic E-state index is -0.603. The lowest BCUT2D eigenvalue weighted by Crippen LogP contribution is -2.14. The van der Waals surface area contributed by atoms with Crippen LogP contribution < -0.4 is 11.5 Å². The van der Waals surface area contributed by atoms with Gasteiger partial charge in [0, 0.05) is 11.8 Å². The molecule has 33 heavy (non-hydrogen) atoms. The molecule has 0 atom stereocenters. The number of aliphatic hydroxyl groups excluding tert-OH is 1. The highest BCUT2D eigenvalue weighted by atomic mass is 16.5. The van der Waals surface area contributed by atoms with E-state index in [0.717, 1.165) is 23.3 Å². The summed E-state index contributed by atoms with van der Waals surface area (Å²) in [5, 5.41) is 8.96. The van der Waals surface area contributed by atoms with Crippen LogP contribution in [0, 0.1) is 13.8 Å². The molecule has 1 saturated carbocycles. The lowest BCUT2D eigenvalue weighted by Gasteiger charge is -2.11. The van der Waals surface area contributed by atoms with Crippen molar-refractivity contribution in [3.8, 4) is 11.1 Å². The molecule has 1 fully saturated rings. The first-order valence-corrected chi connectivity index (χ1v) is 11.3. The predicted octanol–water partition coefficient (Wildman–Crippen LogP) is 4.68. The number of carbonyl (C=O) groups excluding carboxylic acids is 1.